The fraction of sp³-hybridized carbons (Fsp3) is 0.733. The second-order valence-corrected chi connectivity index (χ2v) is 7.48. The topological polar surface area (TPSA) is 42.0 Å². The molecule has 2 heterocycles. The average Bonchev–Trinajstić information content (AvgIpc) is 2.96. The van der Waals surface area contributed by atoms with Crippen molar-refractivity contribution < 1.29 is 4.79 Å². The Morgan fingerprint density at radius 3 is 2.74 bits per heavy atom. The summed E-state index contributed by atoms with van der Waals surface area (Å²) < 4.78 is 0. The molecule has 0 aliphatic carbocycles. The van der Waals surface area contributed by atoms with E-state index >= 15 is 0 Å². The Morgan fingerprint density at radius 2 is 2.26 bits per heavy atom. The van der Waals surface area contributed by atoms with Crippen LogP contribution in [0.1, 0.15) is 51.2 Å². The maximum atomic E-state index is 12.6. The summed E-state index contributed by atoms with van der Waals surface area (Å²) >= 11 is 1.62. The van der Waals surface area contributed by atoms with Gasteiger partial charge in [-0.05, 0) is 19.4 Å². The van der Waals surface area contributed by atoms with Crippen molar-refractivity contribution in [3.8, 4) is 0 Å². The second kappa shape index (κ2) is 5.33. The van der Waals surface area contributed by atoms with E-state index < -0.39 is 0 Å². The van der Waals surface area contributed by atoms with Gasteiger partial charge in [0.1, 0.15) is 10.8 Å². The standard InChI is InChI=1S/C15H24N2OS/c1-5-15(6-7-16-10-15)12(18)8-13-17-11(9-19-13)14(2,3)4/h9,16H,5-8,10H2,1-4H3. The lowest BCUT2D eigenvalue weighted by atomic mass is 9.79. The molecule has 3 nitrogen and oxygen atoms in total. The predicted octanol–water partition coefficient (Wildman–Crippen LogP) is 2.94. The maximum Gasteiger partial charge on any atom is 0.147 e. The van der Waals surface area contributed by atoms with E-state index in [-0.39, 0.29) is 10.8 Å². The monoisotopic (exact) mass is 280 g/mol. The third kappa shape index (κ3) is 3.06. The number of nitrogens with zero attached hydrogens (tertiary/aromatic N) is 1. The lowest BCUT2D eigenvalue weighted by molar-refractivity contribution is -0.127. The van der Waals surface area contributed by atoms with Crippen molar-refractivity contribution in [1.82, 2.24) is 10.3 Å². The Balaban J connectivity index is 2.09. The molecule has 1 aliphatic rings. The molecule has 1 aromatic heterocycles. The number of hydrogen-bond acceptors (Lipinski definition) is 4. The molecule has 19 heavy (non-hydrogen) atoms. The minimum atomic E-state index is -0.145. The fourth-order valence-corrected chi connectivity index (χ4v) is 3.56. The number of carbonyl (C=O) groups is 1. The van der Waals surface area contributed by atoms with Gasteiger partial charge in [-0.3, -0.25) is 4.79 Å². The summed E-state index contributed by atoms with van der Waals surface area (Å²) in [4.78, 5) is 17.2. The van der Waals surface area contributed by atoms with Crippen molar-refractivity contribution in [3.05, 3.63) is 16.1 Å². The summed E-state index contributed by atoms with van der Waals surface area (Å²) in [6.07, 6.45) is 2.40. The minimum absolute atomic E-state index is 0.0646. The van der Waals surface area contributed by atoms with Gasteiger partial charge in [0.05, 0.1) is 12.1 Å². The SMILES string of the molecule is CCC1(C(=O)Cc2nc(C(C)(C)C)cs2)CCNC1. The minimum Gasteiger partial charge on any atom is -0.316 e. The number of Topliss-reactive ketones (excluding diaryl/α,β-unsaturated/α-hetero) is 1. The van der Waals surface area contributed by atoms with Crippen LogP contribution in [0.5, 0.6) is 0 Å². The van der Waals surface area contributed by atoms with Crippen LogP contribution < -0.4 is 5.32 Å². The zero-order chi connectivity index (χ0) is 14.1. The lowest BCUT2D eigenvalue weighted by Gasteiger charge is -2.24. The van der Waals surface area contributed by atoms with E-state index in [9.17, 15) is 4.79 Å². The molecule has 1 N–H and O–H groups in total. The van der Waals surface area contributed by atoms with E-state index in [2.05, 4.69) is 43.4 Å². The Bertz CT molecular complexity index is 453. The number of carbonyl (C=O) groups excluding carboxylic acids is 1. The molecule has 1 saturated heterocycles. The molecule has 1 atom stereocenters. The van der Waals surface area contributed by atoms with Crippen LogP contribution in [0.2, 0.25) is 0 Å². The number of aromatic nitrogens is 1. The summed E-state index contributed by atoms with van der Waals surface area (Å²) in [6, 6.07) is 0. The zero-order valence-electron chi connectivity index (χ0n) is 12.4. The molecular weight excluding hydrogens is 256 g/mol. The van der Waals surface area contributed by atoms with Gasteiger partial charge < -0.3 is 5.32 Å². The third-order valence-corrected chi connectivity index (χ3v) is 4.99. The van der Waals surface area contributed by atoms with Crippen molar-refractivity contribution in [2.75, 3.05) is 13.1 Å². The highest BCUT2D eigenvalue weighted by Crippen LogP contribution is 2.32. The molecule has 0 saturated carbocycles. The van der Waals surface area contributed by atoms with Crippen LogP contribution >= 0.6 is 11.3 Å². The van der Waals surface area contributed by atoms with Gasteiger partial charge >= 0.3 is 0 Å². The molecule has 1 unspecified atom stereocenters. The Morgan fingerprint density at radius 1 is 1.53 bits per heavy atom. The van der Waals surface area contributed by atoms with E-state index in [1.807, 2.05) is 0 Å². The van der Waals surface area contributed by atoms with Gasteiger partial charge in [-0.1, -0.05) is 27.7 Å². The molecule has 2 rings (SSSR count). The van der Waals surface area contributed by atoms with Gasteiger partial charge in [0.2, 0.25) is 0 Å². The van der Waals surface area contributed by atoms with Crippen molar-refractivity contribution in [2.24, 2.45) is 5.41 Å². The van der Waals surface area contributed by atoms with Gasteiger partial charge in [0, 0.05) is 22.8 Å². The summed E-state index contributed by atoms with van der Waals surface area (Å²) in [5.41, 5.74) is 1.01. The first-order valence-corrected chi connectivity index (χ1v) is 7.94. The zero-order valence-corrected chi connectivity index (χ0v) is 13.2. The van der Waals surface area contributed by atoms with Crippen LogP contribution in [0, 0.1) is 5.41 Å². The molecule has 1 aliphatic heterocycles. The van der Waals surface area contributed by atoms with Crippen LogP contribution in [0.3, 0.4) is 0 Å². The van der Waals surface area contributed by atoms with Crippen molar-refractivity contribution in [1.29, 1.82) is 0 Å². The number of nitrogens with one attached hydrogen (secondary N) is 1. The third-order valence-electron chi connectivity index (χ3n) is 4.14. The van der Waals surface area contributed by atoms with Crippen molar-refractivity contribution in [2.45, 2.75) is 52.4 Å². The normalized spacial score (nSPS) is 23.8. The molecule has 0 bridgehead atoms. The Labute approximate surface area is 119 Å². The first-order valence-electron chi connectivity index (χ1n) is 7.06. The molecule has 1 fully saturated rings. The number of hydrogen-bond donors (Lipinski definition) is 1. The molecule has 106 valence electrons. The van der Waals surface area contributed by atoms with Crippen LogP contribution in [0.25, 0.3) is 0 Å². The van der Waals surface area contributed by atoms with Crippen LogP contribution in [0.4, 0.5) is 0 Å². The van der Waals surface area contributed by atoms with Crippen molar-refractivity contribution in [3.63, 3.8) is 0 Å². The summed E-state index contributed by atoms with van der Waals surface area (Å²) in [6.45, 7) is 10.4. The number of rotatable bonds is 4. The molecule has 1 aromatic rings. The van der Waals surface area contributed by atoms with Gasteiger partial charge in [0.25, 0.3) is 0 Å². The van der Waals surface area contributed by atoms with Gasteiger partial charge in [0.15, 0.2) is 0 Å². The van der Waals surface area contributed by atoms with Crippen LogP contribution in [-0.4, -0.2) is 23.9 Å². The number of thiazole rings is 1. The van der Waals surface area contributed by atoms with Crippen molar-refractivity contribution >= 4 is 17.1 Å². The highest BCUT2D eigenvalue weighted by molar-refractivity contribution is 7.09. The first kappa shape index (κ1) is 14.7. The van der Waals surface area contributed by atoms with E-state index in [0.717, 1.165) is 36.6 Å². The highest BCUT2D eigenvalue weighted by atomic mass is 32.1. The molecule has 0 aromatic carbocycles. The van der Waals surface area contributed by atoms with Gasteiger partial charge in [-0.2, -0.15) is 0 Å². The number of ketones is 1. The summed E-state index contributed by atoms with van der Waals surface area (Å²) in [5.74, 6) is 0.356. The Kier molecular flexibility index (Phi) is 4.11. The van der Waals surface area contributed by atoms with E-state index in [0.29, 0.717) is 12.2 Å². The summed E-state index contributed by atoms with van der Waals surface area (Å²) in [7, 11) is 0. The molecule has 0 radical (unpaired) electrons. The second-order valence-electron chi connectivity index (χ2n) is 6.54. The van der Waals surface area contributed by atoms with Gasteiger partial charge in [-0.25, -0.2) is 4.98 Å². The quantitative estimate of drug-likeness (QED) is 0.922. The van der Waals surface area contributed by atoms with E-state index in [4.69, 9.17) is 0 Å². The van der Waals surface area contributed by atoms with Crippen LogP contribution in [0.15, 0.2) is 5.38 Å². The first-order chi connectivity index (χ1) is 8.87. The highest BCUT2D eigenvalue weighted by Gasteiger charge is 2.39. The molecule has 4 heteroatoms. The molecule has 0 amide bonds. The van der Waals surface area contributed by atoms with E-state index in [1.165, 1.54) is 0 Å². The van der Waals surface area contributed by atoms with E-state index in [1.54, 1.807) is 11.3 Å². The average molecular weight is 280 g/mol. The fourth-order valence-electron chi connectivity index (χ4n) is 2.54. The largest absolute Gasteiger partial charge is 0.316 e. The molecule has 0 spiro atoms. The smallest absolute Gasteiger partial charge is 0.147 e. The molecular formula is C15H24N2OS. The maximum absolute atomic E-state index is 12.6. The summed E-state index contributed by atoms with van der Waals surface area (Å²) in [5, 5.41) is 6.38. The Hall–Kier alpha value is -0.740. The van der Waals surface area contributed by atoms with Crippen LogP contribution in [-0.2, 0) is 16.6 Å². The lowest BCUT2D eigenvalue weighted by Crippen LogP contribution is -2.34. The predicted molar refractivity (Wildman–Crippen MR) is 79.7 cm³/mol. The van der Waals surface area contributed by atoms with Gasteiger partial charge in [-0.15, -0.1) is 11.3 Å².